The number of nitrogens with one attached hydrogen (secondary N) is 1. The molecule has 0 saturated carbocycles. The van der Waals surface area contributed by atoms with E-state index in [-0.39, 0.29) is 0 Å². The molecule has 0 radical (unpaired) electrons. The minimum absolute atomic E-state index is 0.381. The molecule has 1 heterocycles. The van der Waals surface area contributed by atoms with E-state index in [1.54, 1.807) is 7.11 Å². The van der Waals surface area contributed by atoms with Gasteiger partial charge in [-0.3, -0.25) is 0 Å². The van der Waals surface area contributed by atoms with Gasteiger partial charge in [0.1, 0.15) is 0 Å². The van der Waals surface area contributed by atoms with E-state index in [0.717, 1.165) is 6.54 Å². The van der Waals surface area contributed by atoms with Gasteiger partial charge in [-0.25, -0.2) is 0 Å². The van der Waals surface area contributed by atoms with Gasteiger partial charge in [-0.1, -0.05) is 24.3 Å². The van der Waals surface area contributed by atoms with Gasteiger partial charge in [0.2, 0.25) is 0 Å². The average molecular weight is 289 g/mol. The van der Waals surface area contributed by atoms with Crippen LogP contribution in [0.25, 0.3) is 0 Å². The standard InChI is InChI=1S/C17H23NOS/c1-12-8-17(14(3)20-12)13(2)18-10-15-6-5-7-16(9-15)11-19-4/h5-9,13,18H,10-11H2,1-4H3. The molecule has 0 aliphatic heterocycles. The predicted octanol–water partition coefficient (Wildman–Crippen LogP) is 4.36. The monoisotopic (exact) mass is 289 g/mol. The van der Waals surface area contributed by atoms with Gasteiger partial charge in [-0.15, -0.1) is 11.3 Å². The van der Waals surface area contributed by atoms with Gasteiger partial charge >= 0.3 is 0 Å². The van der Waals surface area contributed by atoms with E-state index in [2.05, 4.69) is 56.4 Å². The summed E-state index contributed by atoms with van der Waals surface area (Å²) in [6.45, 7) is 8.15. The van der Waals surface area contributed by atoms with Gasteiger partial charge in [0.25, 0.3) is 0 Å². The molecule has 108 valence electrons. The van der Waals surface area contributed by atoms with Crippen molar-refractivity contribution in [3.05, 3.63) is 56.8 Å². The maximum absolute atomic E-state index is 5.18. The number of methoxy groups -OCH3 is 1. The highest BCUT2D eigenvalue weighted by Crippen LogP contribution is 2.26. The van der Waals surface area contributed by atoms with E-state index < -0.39 is 0 Å². The van der Waals surface area contributed by atoms with Crippen LogP contribution in [0.5, 0.6) is 0 Å². The van der Waals surface area contributed by atoms with Gasteiger partial charge < -0.3 is 10.1 Å². The van der Waals surface area contributed by atoms with E-state index in [0.29, 0.717) is 12.6 Å². The summed E-state index contributed by atoms with van der Waals surface area (Å²) in [6.07, 6.45) is 0. The molecule has 2 aromatic rings. The van der Waals surface area contributed by atoms with Gasteiger partial charge in [0.15, 0.2) is 0 Å². The lowest BCUT2D eigenvalue weighted by Crippen LogP contribution is -2.18. The number of hydrogen-bond donors (Lipinski definition) is 1. The Morgan fingerprint density at radius 3 is 2.60 bits per heavy atom. The van der Waals surface area contributed by atoms with Crippen molar-refractivity contribution in [3.8, 4) is 0 Å². The van der Waals surface area contributed by atoms with Crippen LogP contribution in [-0.2, 0) is 17.9 Å². The SMILES string of the molecule is COCc1cccc(CNC(C)c2cc(C)sc2C)c1. The zero-order valence-electron chi connectivity index (χ0n) is 12.7. The summed E-state index contributed by atoms with van der Waals surface area (Å²) >= 11 is 1.87. The molecule has 0 fully saturated rings. The fraction of sp³-hybridized carbons (Fsp3) is 0.412. The molecular weight excluding hydrogens is 266 g/mol. The van der Waals surface area contributed by atoms with Crippen LogP contribution in [0, 0.1) is 13.8 Å². The van der Waals surface area contributed by atoms with Crippen molar-refractivity contribution in [2.45, 2.75) is 40.0 Å². The van der Waals surface area contributed by atoms with E-state index in [1.807, 2.05) is 11.3 Å². The Morgan fingerprint density at radius 2 is 1.95 bits per heavy atom. The van der Waals surface area contributed by atoms with Gasteiger partial charge in [-0.2, -0.15) is 0 Å². The molecule has 1 atom stereocenters. The highest BCUT2D eigenvalue weighted by Gasteiger charge is 2.10. The van der Waals surface area contributed by atoms with Crippen LogP contribution in [0.4, 0.5) is 0 Å². The molecule has 2 nitrogen and oxygen atoms in total. The third-order valence-corrected chi connectivity index (χ3v) is 4.44. The Balaban J connectivity index is 1.98. The number of rotatable bonds is 6. The number of aryl methyl sites for hydroxylation is 2. The molecule has 1 aromatic carbocycles. The molecule has 1 aromatic heterocycles. The zero-order chi connectivity index (χ0) is 14.5. The lowest BCUT2D eigenvalue weighted by Gasteiger charge is -2.14. The maximum atomic E-state index is 5.18. The summed E-state index contributed by atoms with van der Waals surface area (Å²) in [4.78, 5) is 2.80. The Hall–Kier alpha value is -1.16. The fourth-order valence-electron chi connectivity index (χ4n) is 2.46. The quantitative estimate of drug-likeness (QED) is 0.853. The molecule has 0 aliphatic rings. The van der Waals surface area contributed by atoms with Gasteiger partial charge in [-0.05, 0) is 43.5 Å². The Labute approximate surface area is 125 Å². The molecule has 0 saturated heterocycles. The van der Waals surface area contributed by atoms with Crippen LogP contribution < -0.4 is 5.32 Å². The highest BCUT2D eigenvalue weighted by atomic mass is 32.1. The topological polar surface area (TPSA) is 21.3 Å². The van der Waals surface area contributed by atoms with Crippen LogP contribution in [0.15, 0.2) is 30.3 Å². The van der Waals surface area contributed by atoms with Crippen LogP contribution in [-0.4, -0.2) is 7.11 Å². The van der Waals surface area contributed by atoms with E-state index in [4.69, 9.17) is 4.74 Å². The van der Waals surface area contributed by atoms with Crippen molar-refractivity contribution in [1.29, 1.82) is 0 Å². The van der Waals surface area contributed by atoms with Gasteiger partial charge in [0.05, 0.1) is 6.61 Å². The van der Waals surface area contributed by atoms with Crippen LogP contribution >= 0.6 is 11.3 Å². The molecule has 3 heteroatoms. The second-order valence-corrected chi connectivity index (χ2v) is 6.68. The number of hydrogen-bond acceptors (Lipinski definition) is 3. The smallest absolute Gasteiger partial charge is 0.0713 e. The molecule has 1 N–H and O–H groups in total. The molecule has 20 heavy (non-hydrogen) atoms. The Morgan fingerprint density at radius 1 is 1.20 bits per heavy atom. The zero-order valence-corrected chi connectivity index (χ0v) is 13.5. The minimum atomic E-state index is 0.381. The lowest BCUT2D eigenvalue weighted by atomic mass is 10.1. The first kappa shape index (κ1) is 15.2. The number of ether oxygens (including phenoxy) is 1. The van der Waals surface area contributed by atoms with Crippen LogP contribution in [0.1, 0.15) is 39.4 Å². The molecule has 0 aliphatic carbocycles. The highest BCUT2D eigenvalue weighted by molar-refractivity contribution is 7.12. The molecule has 0 bridgehead atoms. The number of thiophene rings is 1. The second kappa shape index (κ2) is 7.02. The minimum Gasteiger partial charge on any atom is -0.380 e. The Kier molecular flexibility index (Phi) is 5.35. The molecular formula is C17H23NOS. The van der Waals surface area contributed by atoms with Crippen molar-refractivity contribution in [3.63, 3.8) is 0 Å². The van der Waals surface area contributed by atoms with Crippen molar-refractivity contribution in [2.24, 2.45) is 0 Å². The maximum Gasteiger partial charge on any atom is 0.0713 e. The fourth-order valence-corrected chi connectivity index (χ4v) is 3.48. The molecule has 1 unspecified atom stereocenters. The number of benzene rings is 1. The summed E-state index contributed by atoms with van der Waals surface area (Å²) in [5, 5.41) is 3.60. The molecule has 0 spiro atoms. The summed E-state index contributed by atoms with van der Waals surface area (Å²) < 4.78 is 5.18. The first-order chi connectivity index (χ1) is 9.60. The summed E-state index contributed by atoms with van der Waals surface area (Å²) in [7, 11) is 1.73. The van der Waals surface area contributed by atoms with Crippen molar-refractivity contribution >= 4 is 11.3 Å². The van der Waals surface area contributed by atoms with E-state index in [9.17, 15) is 0 Å². The third-order valence-electron chi connectivity index (χ3n) is 3.46. The third kappa shape index (κ3) is 3.92. The Bertz CT molecular complexity index is 562. The lowest BCUT2D eigenvalue weighted by molar-refractivity contribution is 0.185. The van der Waals surface area contributed by atoms with Crippen LogP contribution in [0.3, 0.4) is 0 Å². The largest absolute Gasteiger partial charge is 0.380 e. The van der Waals surface area contributed by atoms with Gasteiger partial charge in [0, 0.05) is 29.5 Å². The first-order valence-corrected chi connectivity index (χ1v) is 7.79. The summed E-state index contributed by atoms with van der Waals surface area (Å²) in [5.74, 6) is 0. The molecule has 2 rings (SSSR count). The summed E-state index contributed by atoms with van der Waals surface area (Å²) in [5.41, 5.74) is 3.94. The average Bonchev–Trinajstić information content (AvgIpc) is 2.76. The van der Waals surface area contributed by atoms with Crippen molar-refractivity contribution in [1.82, 2.24) is 5.32 Å². The van der Waals surface area contributed by atoms with Crippen LogP contribution in [0.2, 0.25) is 0 Å². The van der Waals surface area contributed by atoms with E-state index >= 15 is 0 Å². The molecule has 0 amide bonds. The van der Waals surface area contributed by atoms with E-state index in [1.165, 1.54) is 26.4 Å². The second-order valence-electron chi connectivity index (χ2n) is 5.22. The summed E-state index contributed by atoms with van der Waals surface area (Å²) in [6, 6.07) is 11.2. The first-order valence-electron chi connectivity index (χ1n) is 6.97. The normalized spacial score (nSPS) is 12.6. The van der Waals surface area contributed by atoms with Crippen molar-refractivity contribution in [2.75, 3.05) is 7.11 Å². The predicted molar refractivity (Wildman–Crippen MR) is 86.2 cm³/mol. The van der Waals surface area contributed by atoms with Crippen molar-refractivity contribution < 1.29 is 4.74 Å².